The molecule has 0 unspecified atom stereocenters. The van der Waals surface area contributed by atoms with Gasteiger partial charge in [0.2, 0.25) is 5.88 Å². The Labute approximate surface area is 180 Å². The van der Waals surface area contributed by atoms with Crippen molar-refractivity contribution in [2.75, 3.05) is 0 Å². The van der Waals surface area contributed by atoms with E-state index in [0.717, 1.165) is 17.0 Å². The number of ether oxygens (including phenoxy) is 1. The minimum atomic E-state index is 0. The van der Waals surface area contributed by atoms with E-state index in [0.29, 0.717) is 17.6 Å². The summed E-state index contributed by atoms with van der Waals surface area (Å²) in [5.41, 5.74) is 4.62. The van der Waals surface area contributed by atoms with E-state index in [1.165, 1.54) is 11.1 Å². The molecule has 0 bridgehead atoms. The van der Waals surface area contributed by atoms with Gasteiger partial charge in [0.15, 0.2) is 0 Å². The number of rotatable bonds is 4. The molecule has 3 nitrogen and oxygen atoms in total. The van der Waals surface area contributed by atoms with E-state index >= 15 is 0 Å². The highest BCUT2D eigenvalue weighted by atomic mass is 16.5. The molecule has 30 heavy (non-hydrogen) atoms. The van der Waals surface area contributed by atoms with Gasteiger partial charge in [0.1, 0.15) is 11.6 Å². The molecule has 154 valence electrons. The molecular weight excluding hydrogens is 368 g/mol. The summed E-state index contributed by atoms with van der Waals surface area (Å²) in [4.78, 5) is 8.99. The SMILES string of the molecule is Cc1ccccc1.Cc1nc(Oc2ccccc2)cc(-c2ccccc2C(C)C)n1.[HH]. The smallest absolute Gasteiger partial charge is 0.223 e. The standard InChI is InChI=1S/C20H20N2O.C7H8.H2/c1-14(2)17-11-7-8-12-18(17)19-13-20(22-15(3)21-19)23-16-9-5-4-6-10-16;1-7-5-3-2-4-6-7;/h4-14H,1-3H3;2-6H,1H3;1H. The predicted octanol–water partition coefficient (Wildman–Crippen LogP) is 7.61. The maximum atomic E-state index is 5.87. The molecule has 4 rings (SSSR count). The lowest BCUT2D eigenvalue weighted by Gasteiger charge is -2.13. The molecule has 1 aromatic heterocycles. The van der Waals surface area contributed by atoms with Gasteiger partial charge in [0.25, 0.3) is 0 Å². The lowest BCUT2D eigenvalue weighted by molar-refractivity contribution is 0.460. The summed E-state index contributed by atoms with van der Waals surface area (Å²) in [6.45, 7) is 8.35. The quantitative estimate of drug-likeness (QED) is 0.355. The maximum absolute atomic E-state index is 5.87. The highest BCUT2D eigenvalue weighted by molar-refractivity contribution is 5.65. The molecule has 0 spiro atoms. The summed E-state index contributed by atoms with van der Waals surface area (Å²) in [5, 5.41) is 0. The Kier molecular flexibility index (Phi) is 7.34. The molecule has 1 heterocycles. The van der Waals surface area contributed by atoms with Crippen molar-refractivity contribution in [3.63, 3.8) is 0 Å². The molecular formula is C27H30N2O. The third-order valence-corrected chi connectivity index (χ3v) is 4.58. The second-order valence-corrected chi connectivity index (χ2v) is 7.45. The van der Waals surface area contributed by atoms with E-state index in [2.05, 4.69) is 61.1 Å². The van der Waals surface area contributed by atoms with Crippen LogP contribution in [0.15, 0.2) is 91.0 Å². The lowest BCUT2D eigenvalue weighted by Crippen LogP contribution is -1.98. The first-order valence-electron chi connectivity index (χ1n) is 10.2. The zero-order valence-electron chi connectivity index (χ0n) is 18.0. The van der Waals surface area contributed by atoms with Crippen molar-refractivity contribution >= 4 is 0 Å². The third-order valence-electron chi connectivity index (χ3n) is 4.58. The van der Waals surface area contributed by atoms with E-state index in [1.807, 2.05) is 67.6 Å². The summed E-state index contributed by atoms with van der Waals surface area (Å²) in [6, 6.07) is 30.2. The Balaban J connectivity index is 0.000000364. The maximum Gasteiger partial charge on any atom is 0.223 e. The average molecular weight is 399 g/mol. The lowest BCUT2D eigenvalue weighted by atomic mass is 9.95. The zero-order valence-corrected chi connectivity index (χ0v) is 18.0. The molecule has 0 atom stereocenters. The minimum Gasteiger partial charge on any atom is -0.439 e. The normalized spacial score (nSPS) is 10.3. The van der Waals surface area contributed by atoms with E-state index in [9.17, 15) is 0 Å². The fourth-order valence-electron chi connectivity index (χ4n) is 3.11. The van der Waals surface area contributed by atoms with Gasteiger partial charge in [-0.3, -0.25) is 0 Å². The monoisotopic (exact) mass is 398 g/mol. The van der Waals surface area contributed by atoms with Crippen molar-refractivity contribution < 1.29 is 6.16 Å². The Morgan fingerprint density at radius 2 is 1.33 bits per heavy atom. The number of nitrogens with zero attached hydrogens (tertiary/aromatic N) is 2. The van der Waals surface area contributed by atoms with Gasteiger partial charge >= 0.3 is 0 Å². The molecule has 0 aliphatic rings. The average Bonchev–Trinajstić information content (AvgIpc) is 2.75. The molecule has 4 aromatic rings. The van der Waals surface area contributed by atoms with Crippen molar-refractivity contribution in [1.82, 2.24) is 9.97 Å². The fraction of sp³-hybridized carbons (Fsp3) is 0.185. The molecule has 0 N–H and O–H groups in total. The van der Waals surface area contributed by atoms with Crippen molar-refractivity contribution in [2.24, 2.45) is 0 Å². The highest BCUT2D eigenvalue weighted by Crippen LogP contribution is 2.30. The van der Waals surface area contributed by atoms with E-state index in [1.54, 1.807) is 0 Å². The molecule has 0 amide bonds. The number of aryl methyl sites for hydroxylation is 2. The Hall–Kier alpha value is -3.46. The molecule has 0 saturated carbocycles. The van der Waals surface area contributed by atoms with Gasteiger partial charge in [-0.25, -0.2) is 4.98 Å². The fourth-order valence-corrected chi connectivity index (χ4v) is 3.11. The van der Waals surface area contributed by atoms with Crippen LogP contribution >= 0.6 is 0 Å². The van der Waals surface area contributed by atoms with Crippen LogP contribution in [0.5, 0.6) is 11.6 Å². The summed E-state index contributed by atoms with van der Waals surface area (Å²) in [5.74, 6) is 2.47. The van der Waals surface area contributed by atoms with E-state index in [-0.39, 0.29) is 1.43 Å². The predicted molar refractivity (Wildman–Crippen MR) is 126 cm³/mol. The van der Waals surface area contributed by atoms with Gasteiger partial charge in [-0.05, 0) is 37.5 Å². The van der Waals surface area contributed by atoms with Crippen LogP contribution in [0.1, 0.15) is 38.1 Å². The third kappa shape index (κ3) is 6.02. The van der Waals surface area contributed by atoms with Gasteiger partial charge in [0.05, 0.1) is 5.69 Å². The number of para-hydroxylation sites is 1. The topological polar surface area (TPSA) is 35.0 Å². The van der Waals surface area contributed by atoms with E-state index < -0.39 is 0 Å². The van der Waals surface area contributed by atoms with Crippen LogP contribution in [0.4, 0.5) is 0 Å². The largest absolute Gasteiger partial charge is 0.439 e. The molecule has 0 radical (unpaired) electrons. The van der Waals surface area contributed by atoms with E-state index in [4.69, 9.17) is 4.74 Å². The van der Waals surface area contributed by atoms with Gasteiger partial charge in [0, 0.05) is 13.1 Å². The van der Waals surface area contributed by atoms with Gasteiger partial charge in [-0.1, -0.05) is 92.2 Å². The first-order valence-corrected chi connectivity index (χ1v) is 10.2. The zero-order chi connectivity index (χ0) is 21.3. The number of aromatic nitrogens is 2. The van der Waals surface area contributed by atoms with Crippen molar-refractivity contribution in [3.8, 4) is 22.9 Å². The number of hydrogen-bond acceptors (Lipinski definition) is 3. The minimum absolute atomic E-state index is 0. The van der Waals surface area contributed by atoms with Gasteiger partial charge in [-0.2, -0.15) is 4.98 Å². The van der Waals surface area contributed by atoms with Gasteiger partial charge in [-0.15, -0.1) is 0 Å². The molecule has 0 aliphatic heterocycles. The summed E-state index contributed by atoms with van der Waals surface area (Å²) in [6.07, 6.45) is 0. The van der Waals surface area contributed by atoms with Crippen molar-refractivity contribution in [1.29, 1.82) is 0 Å². The van der Waals surface area contributed by atoms with Crippen LogP contribution in [0, 0.1) is 13.8 Å². The Morgan fingerprint density at radius 1 is 0.733 bits per heavy atom. The van der Waals surface area contributed by atoms with Crippen LogP contribution in [0.3, 0.4) is 0 Å². The second kappa shape index (κ2) is 10.4. The number of hydrogen-bond donors (Lipinski definition) is 0. The first kappa shape index (κ1) is 21.3. The van der Waals surface area contributed by atoms with Crippen LogP contribution in [0.25, 0.3) is 11.3 Å². The van der Waals surface area contributed by atoms with Crippen LogP contribution in [-0.4, -0.2) is 9.97 Å². The molecule has 0 aliphatic carbocycles. The Morgan fingerprint density at radius 3 is 1.93 bits per heavy atom. The van der Waals surface area contributed by atoms with Crippen molar-refractivity contribution in [2.45, 2.75) is 33.6 Å². The molecule has 0 saturated heterocycles. The molecule has 3 heteroatoms. The van der Waals surface area contributed by atoms with Crippen LogP contribution in [-0.2, 0) is 0 Å². The summed E-state index contributed by atoms with van der Waals surface area (Å²) < 4.78 is 5.87. The summed E-state index contributed by atoms with van der Waals surface area (Å²) in [7, 11) is 0. The highest BCUT2D eigenvalue weighted by Gasteiger charge is 2.12. The summed E-state index contributed by atoms with van der Waals surface area (Å²) >= 11 is 0. The first-order chi connectivity index (χ1) is 14.5. The van der Waals surface area contributed by atoms with Crippen molar-refractivity contribution in [3.05, 3.63) is 108 Å². The Bertz CT molecular complexity index is 1070. The molecule has 3 aromatic carbocycles. The van der Waals surface area contributed by atoms with Crippen LogP contribution in [0.2, 0.25) is 0 Å². The number of benzene rings is 3. The van der Waals surface area contributed by atoms with Gasteiger partial charge < -0.3 is 4.74 Å². The second-order valence-electron chi connectivity index (χ2n) is 7.45. The van der Waals surface area contributed by atoms with Crippen LogP contribution < -0.4 is 4.74 Å². The molecule has 0 fully saturated rings.